The Kier molecular flexibility index (Phi) is 18.1. The fourth-order valence-corrected chi connectivity index (χ4v) is 6.80. The molecule has 0 saturated heterocycles. The SMILES string of the molecule is CCCCCCCCCCCCCCCCCCSCC(=O)COC(c1ccccc1)(c1ccccc1)c1ccccc1. The van der Waals surface area contributed by atoms with E-state index in [9.17, 15) is 4.79 Å². The average Bonchev–Trinajstić information content (AvgIpc) is 3.06. The minimum absolute atomic E-state index is 0.0879. The van der Waals surface area contributed by atoms with Gasteiger partial charge < -0.3 is 4.74 Å². The smallest absolute Gasteiger partial charge is 0.168 e. The summed E-state index contributed by atoms with van der Waals surface area (Å²) in [7, 11) is 0. The molecule has 0 atom stereocenters. The lowest BCUT2D eigenvalue weighted by molar-refractivity contribution is -0.124. The van der Waals surface area contributed by atoms with E-state index >= 15 is 0 Å². The monoisotopic (exact) mass is 600 g/mol. The van der Waals surface area contributed by atoms with Gasteiger partial charge in [0.15, 0.2) is 5.78 Å². The summed E-state index contributed by atoms with van der Waals surface area (Å²) in [5, 5.41) is 0. The van der Waals surface area contributed by atoms with Crippen molar-refractivity contribution in [2.45, 2.75) is 115 Å². The second-order valence-corrected chi connectivity index (χ2v) is 13.1. The van der Waals surface area contributed by atoms with Crippen LogP contribution in [0.4, 0.5) is 0 Å². The molecule has 0 unspecified atom stereocenters. The molecule has 43 heavy (non-hydrogen) atoms. The van der Waals surface area contributed by atoms with Gasteiger partial charge in [0.05, 0.1) is 5.75 Å². The fourth-order valence-electron chi connectivity index (χ4n) is 5.94. The first-order valence-corrected chi connectivity index (χ1v) is 18.3. The Bertz CT molecular complexity index is 987. The van der Waals surface area contributed by atoms with Gasteiger partial charge in [-0.2, -0.15) is 11.8 Å². The van der Waals surface area contributed by atoms with Gasteiger partial charge in [0.2, 0.25) is 0 Å². The molecule has 0 saturated carbocycles. The molecule has 0 radical (unpaired) electrons. The third-order valence-corrected chi connectivity index (χ3v) is 9.50. The summed E-state index contributed by atoms with van der Waals surface area (Å²) in [6, 6.07) is 30.8. The largest absolute Gasteiger partial charge is 0.353 e. The number of carbonyl (C=O) groups excluding carboxylic acids is 1. The van der Waals surface area contributed by atoms with Crippen LogP contribution in [0.25, 0.3) is 0 Å². The van der Waals surface area contributed by atoms with Crippen molar-refractivity contribution in [3.8, 4) is 0 Å². The van der Waals surface area contributed by atoms with Crippen LogP contribution in [0, 0.1) is 0 Å². The van der Waals surface area contributed by atoms with E-state index < -0.39 is 5.60 Å². The number of unbranched alkanes of at least 4 members (excludes halogenated alkanes) is 15. The lowest BCUT2D eigenvalue weighted by atomic mass is 9.80. The highest BCUT2D eigenvalue weighted by Crippen LogP contribution is 2.40. The van der Waals surface area contributed by atoms with E-state index in [4.69, 9.17) is 4.74 Å². The van der Waals surface area contributed by atoms with Crippen LogP contribution in [0.3, 0.4) is 0 Å². The summed E-state index contributed by atoms with van der Waals surface area (Å²) in [5.74, 6) is 1.70. The van der Waals surface area contributed by atoms with E-state index in [2.05, 4.69) is 43.3 Å². The zero-order valence-electron chi connectivity index (χ0n) is 26.8. The molecule has 2 nitrogen and oxygen atoms in total. The van der Waals surface area contributed by atoms with Gasteiger partial charge in [-0.15, -0.1) is 0 Å². The van der Waals surface area contributed by atoms with Gasteiger partial charge in [-0.3, -0.25) is 4.79 Å². The van der Waals surface area contributed by atoms with Crippen molar-refractivity contribution in [3.63, 3.8) is 0 Å². The first kappa shape index (κ1) is 35.1. The zero-order chi connectivity index (χ0) is 30.3. The standard InChI is InChI=1S/C40H56O2S/c1-2-3-4-5-6-7-8-9-10-11-12-13-14-15-16-26-33-43-35-39(41)34-42-40(36-27-20-17-21-28-36,37-29-22-18-23-30-37)38-31-24-19-25-32-38/h17-25,27-32H,2-16,26,33-35H2,1H3. The minimum Gasteiger partial charge on any atom is -0.353 e. The van der Waals surface area contributed by atoms with Gasteiger partial charge in [0, 0.05) is 0 Å². The Morgan fingerprint density at radius 2 is 0.884 bits per heavy atom. The van der Waals surface area contributed by atoms with E-state index in [-0.39, 0.29) is 12.4 Å². The van der Waals surface area contributed by atoms with Crippen molar-refractivity contribution >= 4 is 17.5 Å². The lowest BCUT2D eigenvalue weighted by Crippen LogP contribution is -2.35. The minimum atomic E-state index is -0.835. The van der Waals surface area contributed by atoms with Crippen LogP contribution in [-0.2, 0) is 15.1 Å². The summed E-state index contributed by atoms with van der Waals surface area (Å²) in [6.45, 7) is 2.38. The lowest BCUT2D eigenvalue weighted by Gasteiger charge is -2.35. The molecule has 0 aliphatic rings. The Morgan fingerprint density at radius 3 is 1.26 bits per heavy atom. The van der Waals surface area contributed by atoms with E-state index in [0.29, 0.717) is 5.75 Å². The van der Waals surface area contributed by atoms with Crippen LogP contribution >= 0.6 is 11.8 Å². The molecule has 0 spiro atoms. The van der Waals surface area contributed by atoms with Crippen molar-refractivity contribution in [1.82, 2.24) is 0 Å². The predicted octanol–water partition coefficient (Wildman–Crippen LogP) is 11.6. The molecule has 0 aliphatic carbocycles. The zero-order valence-corrected chi connectivity index (χ0v) is 27.6. The number of carbonyl (C=O) groups is 1. The summed E-state index contributed by atoms with van der Waals surface area (Å²) >= 11 is 1.76. The molecule has 0 amide bonds. The van der Waals surface area contributed by atoms with Gasteiger partial charge >= 0.3 is 0 Å². The van der Waals surface area contributed by atoms with Crippen LogP contribution < -0.4 is 0 Å². The Hall–Kier alpha value is -2.36. The number of rotatable bonds is 25. The van der Waals surface area contributed by atoms with Crippen LogP contribution in [0.15, 0.2) is 91.0 Å². The maximum absolute atomic E-state index is 13.0. The second kappa shape index (κ2) is 22.2. The molecule has 234 valence electrons. The quantitative estimate of drug-likeness (QED) is 0.0715. The topological polar surface area (TPSA) is 26.3 Å². The van der Waals surface area contributed by atoms with Gasteiger partial charge in [0.25, 0.3) is 0 Å². The second-order valence-electron chi connectivity index (χ2n) is 12.0. The Morgan fingerprint density at radius 1 is 0.535 bits per heavy atom. The molecule has 0 heterocycles. The van der Waals surface area contributed by atoms with Crippen molar-refractivity contribution in [2.24, 2.45) is 0 Å². The van der Waals surface area contributed by atoms with Crippen LogP contribution in [-0.4, -0.2) is 23.9 Å². The molecule has 0 fully saturated rings. The van der Waals surface area contributed by atoms with Crippen molar-refractivity contribution in [3.05, 3.63) is 108 Å². The van der Waals surface area contributed by atoms with E-state index in [1.807, 2.05) is 54.6 Å². The molecule has 3 aromatic rings. The average molecular weight is 601 g/mol. The van der Waals surface area contributed by atoms with Gasteiger partial charge in [-0.1, -0.05) is 194 Å². The normalized spacial score (nSPS) is 11.6. The van der Waals surface area contributed by atoms with Crippen LogP contribution in [0.5, 0.6) is 0 Å². The maximum Gasteiger partial charge on any atom is 0.168 e. The molecule has 0 aliphatic heterocycles. The molecule has 0 N–H and O–H groups in total. The summed E-state index contributed by atoms with van der Waals surface area (Å²) in [5.41, 5.74) is 2.25. The first-order valence-electron chi connectivity index (χ1n) is 17.2. The third kappa shape index (κ3) is 13.0. The Labute approximate surface area is 267 Å². The number of benzene rings is 3. The van der Waals surface area contributed by atoms with Crippen LogP contribution in [0.1, 0.15) is 126 Å². The molecule has 0 bridgehead atoms. The maximum atomic E-state index is 13.0. The molecular formula is C40H56O2S. The number of ketones is 1. The molecule has 3 heteroatoms. The van der Waals surface area contributed by atoms with Crippen molar-refractivity contribution in [1.29, 1.82) is 0 Å². The van der Waals surface area contributed by atoms with Gasteiger partial charge in [-0.25, -0.2) is 0 Å². The summed E-state index contributed by atoms with van der Waals surface area (Å²) in [6.07, 6.45) is 22.1. The van der Waals surface area contributed by atoms with E-state index in [0.717, 1.165) is 22.4 Å². The number of Topliss-reactive ketones (excluding diaryl/α,β-unsaturated/α-hetero) is 1. The predicted molar refractivity (Wildman–Crippen MR) is 187 cm³/mol. The third-order valence-electron chi connectivity index (χ3n) is 8.40. The summed E-state index contributed by atoms with van der Waals surface area (Å²) < 4.78 is 6.67. The van der Waals surface area contributed by atoms with E-state index in [1.54, 1.807) is 11.8 Å². The number of ether oxygens (including phenoxy) is 1. The van der Waals surface area contributed by atoms with Crippen molar-refractivity contribution in [2.75, 3.05) is 18.1 Å². The molecule has 0 aromatic heterocycles. The summed E-state index contributed by atoms with van der Waals surface area (Å²) in [4.78, 5) is 13.0. The highest BCUT2D eigenvalue weighted by Gasteiger charge is 2.37. The van der Waals surface area contributed by atoms with Crippen LogP contribution in [0.2, 0.25) is 0 Å². The highest BCUT2D eigenvalue weighted by molar-refractivity contribution is 7.99. The van der Waals surface area contributed by atoms with Gasteiger partial charge in [0.1, 0.15) is 12.2 Å². The number of hydrogen-bond acceptors (Lipinski definition) is 3. The number of hydrogen-bond donors (Lipinski definition) is 0. The van der Waals surface area contributed by atoms with Gasteiger partial charge in [-0.05, 0) is 28.9 Å². The van der Waals surface area contributed by atoms with E-state index in [1.165, 1.54) is 103 Å². The molecule has 3 aromatic carbocycles. The molecule has 3 rings (SSSR count). The fraction of sp³-hybridized carbons (Fsp3) is 0.525. The Balaban J connectivity index is 1.30. The first-order chi connectivity index (χ1) is 21.3. The molecular weight excluding hydrogens is 545 g/mol. The highest BCUT2D eigenvalue weighted by atomic mass is 32.2. The van der Waals surface area contributed by atoms with Crippen molar-refractivity contribution < 1.29 is 9.53 Å². The number of thioether (sulfide) groups is 1.